The van der Waals surface area contributed by atoms with Crippen molar-refractivity contribution in [2.24, 2.45) is 16.3 Å². The van der Waals surface area contributed by atoms with Crippen LogP contribution in [0.25, 0.3) is 0 Å². The number of amides is 6. The quantitative estimate of drug-likeness (QED) is 0.0364. The number of methoxy groups -OCH3 is 2. The molecule has 2 fully saturated rings. The molecule has 0 spiro atoms. The molecule has 5 aliphatic rings. The lowest BCUT2D eigenvalue weighted by atomic mass is 9.83. The number of benzene rings is 3. The Hall–Kier alpha value is -7.56. The number of halogens is 1. The molecule has 4 bridgehead atoms. The Balaban J connectivity index is 0.695. The summed E-state index contributed by atoms with van der Waals surface area (Å²) in [5, 5.41) is 26.0. The van der Waals surface area contributed by atoms with Crippen molar-refractivity contribution in [3.05, 3.63) is 112 Å². The summed E-state index contributed by atoms with van der Waals surface area (Å²) in [5.41, 5.74) is 5.70. The molecular weight excluding hydrogens is 1240 g/mol. The van der Waals surface area contributed by atoms with Crippen LogP contribution in [-0.2, 0) is 79.6 Å². The van der Waals surface area contributed by atoms with Crippen LogP contribution in [0.1, 0.15) is 107 Å². The third-order valence-corrected chi connectivity index (χ3v) is 18.2. The fraction of sp³-hybridized carbons (Fsp3) is 0.567. The Morgan fingerprint density at radius 2 is 1.55 bits per heavy atom. The van der Waals surface area contributed by atoms with Gasteiger partial charge in [0.2, 0.25) is 29.5 Å². The molecule has 0 radical (unpaired) electrons. The molecule has 2 unspecified atom stereocenters. The SMILES string of the molecule is COc1cc2cc(c1Cl)N(C)C(=O)C[C@@H](OC(=O)[C@@H](C)N(C)C(=O)CCCC(=O)N(C)CCOCCOCCOCCOCCC(=O)NCCC(=O)N1Cc3ccccc3C3NN=NC3c3ccccc31)[C@@]1(C)O[C@@H]1[C@@H](C)[C@H]1C[C@](O)(NC(=O)O1)[C@@H](OC)/C=C/C=C(/C)C2. The van der Waals surface area contributed by atoms with Gasteiger partial charge >= 0.3 is 12.1 Å². The van der Waals surface area contributed by atoms with Crippen LogP contribution >= 0.6 is 11.6 Å². The van der Waals surface area contributed by atoms with Crippen LogP contribution in [0.4, 0.5) is 16.2 Å². The zero-order chi connectivity index (χ0) is 67.7. The predicted octanol–water partition coefficient (Wildman–Crippen LogP) is 6.41. The van der Waals surface area contributed by atoms with E-state index in [-0.39, 0.29) is 106 Å². The van der Waals surface area contributed by atoms with Gasteiger partial charge < -0.3 is 72.7 Å². The summed E-state index contributed by atoms with van der Waals surface area (Å²) in [6.45, 7) is 10.0. The predicted molar refractivity (Wildman–Crippen MR) is 346 cm³/mol. The number of carbonyl (C=O) groups excluding carboxylic acids is 7. The van der Waals surface area contributed by atoms with E-state index in [0.29, 0.717) is 64.0 Å². The van der Waals surface area contributed by atoms with E-state index in [1.165, 1.54) is 42.9 Å². The van der Waals surface area contributed by atoms with Gasteiger partial charge in [-0.2, -0.15) is 5.11 Å². The van der Waals surface area contributed by atoms with Crippen molar-refractivity contribution in [2.75, 3.05) is 111 Å². The number of likely N-dealkylation sites (N-methyl/N-ethyl adjacent to an activating group) is 2. The van der Waals surface area contributed by atoms with Crippen molar-refractivity contribution in [3.8, 4) is 5.75 Å². The van der Waals surface area contributed by atoms with Crippen LogP contribution in [0.3, 0.4) is 0 Å². The first kappa shape index (κ1) is 72.3. The minimum absolute atomic E-state index is 0.0439. The number of aliphatic hydroxyl groups is 1. The van der Waals surface area contributed by atoms with Crippen molar-refractivity contribution < 1.29 is 81.3 Å². The van der Waals surface area contributed by atoms with Crippen LogP contribution in [0.15, 0.2) is 94.8 Å². The molecule has 3 aromatic rings. The van der Waals surface area contributed by atoms with Gasteiger partial charge in [-0.1, -0.05) is 90.0 Å². The third kappa shape index (κ3) is 18.5. The number of esters is 1. The second kappa shape index (κ2) is 33.7. The molecule has 3 aromatic carbocycles. The molecule has 5 heterocycles. The first-order valence-electron chi connectivity index (χ1n) is 31.9. The van der Waals surface area contributed by atoms with Gasteiger partial charge in [0.15, 0.2) is 5.72 Å². The van der Waals surface area contributed by atoms with Crippen molar-refractivity contribution in [3.63, 3.8) is 0 Å². The third-order valence-electron chi connectivity index (χ3n) is 17.8. The van der Waals surface area contributed by atoms with E-state index in [1.807, 2.05) is 61.5 Å². The lowest BCUT2D eigenvalue weighted by Crippen LogP contribution is -2.63. The Kier molecular flexibility index (Phi) is 25.9. The van der Waals surface area contributed by atoms with Gasteiger partial charge in [-0.05, 0) is 68.5 Å². The molecule has 512 valence electrons. The largest absolute Gasteiger partial charge is 0.495 e. The zero-order valence-electron chi connectivity index (χ0n) is 55.1. The molecule has 0 aliphatic carbocycles. The second-order valence-corrected chi connectivity index (χ2v) is 24.8. The van der Waals surface area contributed by atoms with E-state index in [2.05, 4.69) is 26.4 Å². The molecule has 8 rings (SSSR count). The molecule has 6 amide bonds. The lowest BCUT2D eigenvalue weighted by Gasteiger charge is -2.42. The molecule has 5 aliphatic heterocycles. The molecule has 4 N–H and O–H groups in total. The Morgan fingerprint density at radius 1 is 0.883 bits per heavy atom. The molecule has 94 heavy (non-hydrogen) atoms. The number of anilines is 2. The van der Waals surface area contributed by atoms with Crippen LogP contribution < -0.4 is 30.6 Å². The van der Waals surface area contributed by atoms with Gasteiger partial charge in [-0.3, -0.25) is 34.7 Å². The average Bonchev–Trinajstić information content (AvgIpc) is 1.56. The molecule has 0 aromatic heterocycles. The Labute approximate surface area is 553 Å². The number of hydrogen-bond acceptors (Lipinski definition) is 20. The Bertz CT molecular complexity index is 3260. The molecule has 27 heteroatoms. The summed E-state index contributed by atoms with van der Waals surface area (Å²) in [5.74, 6) is -2.51. The van der Waals surface area contributed by atoms with E-state index >= 15 is 0 Å². The summed E-state index contributed by atoms with van der Waals surface area (Å²) in [6.07, 6.45) is 0.898. The van der Waals surface area contributed by atoms with Gasteiger partial charge in [-0.15, -0.1) is 0 Å². The van der Waals surface area contributed by atoms with Gasteiger partial charge in [0, 0.05) is 90.6 Å². The highest BCUT2D eigenvalue weighted by Crippen LogP contribution is 2.50. The van der Waals surface area contributed by atoms with Gasteiger partial charge in [0.05, 0.1) is 90.8 Å². The van der Waals surface area contributed by atoms with Crippen LogP contribution in [0.5, 0.6) is 5.75 Å². The fourth-order valence-electron chi connectivity index (χ4n) is 12.0. The maximum absolute atomic E-state index is 14.4. The van der Waals surface area contributed by atoms with E-state index in [9.17, 15) is 38.7 Å². The van der Waals surface area contributed by atoms with E-state index in [0.717, 1.165) is 33.5 Å². The molecule has 0 saturated carbocycles. The van der Waals surface area contributed by atoms with Crippen molar-refractivity contribution in [2.45, 2.75) is 139 Å². The number of hydrogen-bond donors (Lipinski definition) is 4. The zero-order valence-corrected chi connectivity index (χ0v) is 55.9. The van der Waals surface area contributed by atoms with Crippen molar-refractivity contribution >= 4 is 64.6 Å². The number of para-hydroxylation sites is 1. The average molecular weight is 1330 g/mol. The normalized spacial score (nSPS) is 25.2. The van der Waals surface area contributed by atoms with Gasteiger partial charge in [-0.25, -0.2) is 9.59 Å². The summed E-state index contributed by atoms with van der Waals surface area (Å²) in [6, 6.07) is 17.7. The van der Waals surface area contributed by atoms with E-state index in [1.54, 1.807) is 57.1 Å². The molecular formula is C67H90ClN9O17. The smallest absolute Gasteiger partial charge is 0.409 e. The number of fused-ring (bicyclic) bond motifs is 10. The summed E-state index contributed by atoms with van der Waals surface area (Å²) >= 11 is 6.83. The summed E-state index contributed by atoms with van der Waals surface area (Å²) in [4.78, 5) is 100. The minimum Gasteiger partial charge on any atom is -0.495 e. The topological polar surface area (TPSA) is 300 Å². The molecule has 26 nitrogen and oxygen atoms in total. The lowest BCUT2D eigenvalue weighted by molar-refractivity contribution is -0.162. The number of carbonyl (C=O) groups is 7. The highest BCUT2D eigenvalue weighted by Gasteiger charge is 2.64. The second-order valence-electron chi connectivity index (χ2n) is 24.4. The van der Waals surface area contributed by atoms with Crippen molar-refractivity contribution in [1.29, 1.82) is 0 Å². The number of nitrogens with one attached hydrogen (secondary N) is 3. The maximum Gasteiger partial charge on any atom is 0.409 e. The monoisotopic (exact) mass is 1330 g/mol. The van der Waals surface area contributed by atoms with Gasteiger partial charge in [0.25, 0.3) is 0 Å². The first-order chi connectivity index (χ1) is 45.1. The van der Waals surface area contributed by atoms with Crippen molar-refractivity contribution in [1.82, 2.24) is 25.9 Å². The van der Waals surface area contributed by atoms with Gasteiger partial charge in [0.1, 0.15) is 46.8 Å². The first-order valence-corrected chi connectivity index (χ1v) is 32.2. The highest BCUT2D eigenvalue weighted by atomic mass is 35.5. The number of alkyl carbamates (subject to hydrolysis) is 1. The number of rotatable bonds is 27. The van der Waals surface area contributed by atoms with Crippen LogP contribution in [0, 0.1) is 5.92 Å². The Morgan fingerprint density at radius 3 is 2.27 bits per heavy atom. The highest BCUT2D eigenvalue weighted by molar-refractivity contribution is 6.35. The van der Waals surface area contributed by atoms with Crippen LogP contribution in [-0.4, -0.2) is 200 Å². The molecule has 10 atom stereocenters. The number of allylic oxidation sites excluding steroid dienone is 3. The maximum atomic E-state index is 14.4. The number of nitrogens with zero attached hydrogens (tertiary/aromatic N) is 6. The van der Waals surface area contributed by atoms with E-state index < -0.39 is 71.6 Å². The number of epoxide rings is 1. The van der Waals surface area contributed by atoms with E-state index in [4.69, 9.17) is 54.2 Å². The standard InChI is InChI=1S/C67H90ClN9O17/c1-42-16-14-21-53(87-9)67(85)40-52(92-65(84)70-67)43(2)63-66(4,94-63)54(39-59(82)76(7)50-37-45(36-42)38-51(86-8)60(50)68)93-64(83)44(3)75(6)57(80)23-15-22-56(79)74(5)27-29-89-31-33-91-35-34-90-32-30-88-28-25-55(78)69-26-24-58(81)77-41-46-17-10-11-18-47(46)61-62(72-73-71-61)48-19-12-13-20-49(48)77/h10-14,16-21,37-38,43-44,52-54,61-63,85H,15,22-36,39-41H2,1-9H3,(H,69,78)(H,70,84)(H,71,72)/b21-14+,42-16-/t43-,44+,52+,53-,54+,61?,62?,63+,66+,67+/m0/s1. The summed E-state index contributed by atoms with van der Waals surface area (Å²) in [7, 11) is 7.54. The van der Waals surface area contributed by atoms with Crippen LogP contribution in [0.2, 0.25) is 5.02 Å². The molecule has 2 saturated heterocycles. The summed E-state index contributed by atoms with van der Waals surface area (Å²) < 4.78 is 51.9. The number of ether oxygens (including phenoxy) is 9. The fourth-order valence-corrected chi connectivity index (χ4v) is 12.3. The minimum atomic E-state index is -1.88.